The zero-order valence-electron chi connectivity index (χ0n) is 12.3. The van der Waals surface area contributed by atoms with E-state index in [1.807, 2.05) is 6.92 Å². The lowest BCUT2D eigenvalue weighted by Gasteiger charge is -2.16. The molecule has 1 aromatic heterocycles. The third kappa shape index (κ3) is 3.80. The zero-order valence-corrected chi connectivity index (χ0v) is 13.8. The monoisotopic (exact) mass is 341 g/mol. The average Bonchev–Trinajstić information content (AvgIpc) is 2.87. The summed E-state index contributed by atoms with van der Waals surface area (Å²) >= 11 is 12.2. The molecule has 118 valence electrons. The van der Waals surface area contributed by atoms with Crippen LogP contribution in [-0.2, 0) is 24.8 Å². The quantitative estimate of drug-likeness (QED) is 0.847. The number of benzene rings is 1. The molecule has 0 bridgehead atoms. The highest BCUT2D eigenvalue weighted by Crippen LogP contribution is 2.27. The number of halogens is 2. The van der Waals surface area contributed by atoms with E-state index in [2.05, 4.69) is 10.4 Å². The molecule has 7 heteroatoms. The van der Waals surface area contributed by atoms with E-state index in [-0.39, 0.29) is 0 Å². The van der Waals surface area contributed by atoms with E-state index >= 15 is 0 Å². The van der Waals surface area contributed by atoms with Gasteiger partial charge in [0, 0.05) is 41.9 Å². The Morgan fingerprint density at radius 1 is 1.41 bits per heavy atom. The summed E-state index contributed by atoms with van der Waals surface area (Å²) in [7, 11) is 1.79. The first-order valence-electron chi connectivity index (χ1n) is 6.76. The maximum absolute atomic E-state index is 11.4. The van der Waals surface area contributed by atoms with Crippen LogP contribution < -0.4 is 5.32 Å². The fourth-order valence-corrected chi connectivity index (χ4v) is 2.58. The lowest BCUT2D eigenvalue weighted by atomic mass is 10.1. The number of carbonyl (C=O) groups is 1. The number of aryl methyl sites for hydroxylation is 1. The van der Waals surface area contributed by atoms with Gasteiger partial charge >= 0.3 is 5.97 Å². The van der Waals surface area contributed by atoms with Gasteiger partial charge in [0.15, 0.2) is 0 Å². The smallest absolute Gasteiger partial charge is 0.321 e. The molecule has 0 saturated carbocycles. The topological polar surface area (TPSA) is 67.2 Å². The van der Waals surface area contributed by atoms with Crippen molar-refractivity contribution in [3.8, 4) is 0 Å². The molecule has 0 spiro atoms. The minimum Gasteiger partial charge on any atom is -0.480 e. The van der Waals surface area contributed by atoms with Crippen LogP contribution in [-0.4, -0.2) is 26.9 Å². The van der Waals surface area contributed by atoms with Gasteiger partial charge in [-0.05, 0) is 30.2 Å². The molecular formula is C15H17Cl2N3O2. The Balaban J connectivity index is 2.08. The fraction of sp³-hybridized carbons (Fsp3) is 0.333. The Labute approximate surface area is 138 Å². The molecule has 0 aliphatic rings. The number of carboxylic acids is 1. The van der Waals surface area contributed by atoms with E-state index < -0.39 is 12.0 Å². The maximum atomic E-state index is 11.4. The van der Waals surface area contributed by atoms with Crippen LogP contribution in [0.25, 0.3) is 0 Å². The number of aromatic nitrogens is 2. The van der Waals surface area contributed by atoms with Gasteiger partial charge in [-0.1, -0.05) is 29.3 Å². The molecule has 5 nitrogen and oxygen atoms in total. The second-order valence-electron chi connectivity index (χ2n) is 5.07. The second kappa shape index (κ2) is 7.13. The lowest BCUT2D eigenvalue weighted by Crippen LogP contribution is -2.38. The Hall–Kier alpha value is -1.56. The van der Waals surface area contributed by atoms with Crippen molar-refractivity contribution in [3.05, 3.63) is 51.3 Å². The van der Waals surface area contributed by atoms with Gasteiger partial charge in [0.1, 0.15) is 6.04 Å². The van der Waals surface area contributed by atoms with Crippen LogP contribution in [0.15, 0.2) is 24.4 Å². The highest BCUT2D eigenvalue weighted by atomic mass is 35.5. The average molecular weight is 342 g/mol. The molecule has 0 amide bonds. The van der Waals surface area contributed by atoms with Crippen LogP contribution in [0.2, 0.25) is 10.0 Å². The second-order valence-corrected chi connectivity index (χ2v) is 5.85. The number of nitrogens with zero attached hydrogens (tertiary/aromatic N) is 2. The third-order valence-electron chi connectivity index (χ3n) is 3.57. The fourth-order valence-electron chi connectivity index (χ4n) is 2.14. The van der Waals surface area contributed by atoms with Gasteiger partial charge in [-0.3, -0.25) is 14.8 Å². The molecule has 0 aliphatic carbocycles. The van der Waals surface area contributed by atoms with Gasteiger partial charge in [-0.2, -0.15) is 5.10 Å². The number of carboxylic acid groups (broad SMARTS) is 1. The minimum atomic E-state index is -0.914. The summed E-state index contributed by atoms with van der Waals surface area (Å²) < 4.78 is 1.66. The number of rotatable bonds is 6. The molecule has 1 atom stereocenters. The van der Waals surface area contributed by atoms with Gasteiger partial charge in [-0.15, -0.1) is 0 Å². The van der Waals surface area contributed by atoms with E-state index in [1.54, 1.807) is 36.1 Å². The van der Waals surface area contributed by atoms with Crippen LogP contribution >= 0.6 is 23.2 Å². The van der Waals surface area contributed by atoms with E-state index in [9.17, 15) is 9.90 Å². The third-order valence-corrected chi connectivity index (χ3v) is 4.51. The van der Waals surface area contributed by atoms with E-state index in [0.29, 0.717) is 23.0 Å². The van der Waals surface area contributed by atoms with Crippen molar-refractivity contribution in [2.45, 2.75) is 25.9 Å². The maximum Gasteiger partial charge on any atom is 0.321 e. The summed E-state index contributed by atoms with van der Waals surface area (Å²) in [4.78, 5) is 11.4. The van der Waals surface area contributed by atoms with Gasteiger partial charge in [-0.25, -0.2) is 0 Å². The summed E-state index contributed by atoms with van der Waals surface area (Å²) in [6.07, 6.45) is 1.99. The molecule has 2 rings (SSSR count). The van der Waals surface area contributed by atoms with Crippen molar-refractivity contribution in [1.29, 1.82) is 0 Å². The van der Waals surface area contributed by atoms with Crippen molar-refractivity contribution in [1.82, 2.24) is 15.1 Å². The standard InChI is InChI=1S/C15H17Cl2N3O2/c1-9-12(16)4-3-10(14(9)17)8-18-13(15(21)22)7-11-5-6-19-20(11)2/h3-6,13,18H,7-8H2,1-2H3,(H,21,22). The first kappa shape index (κ1) is 16.8. The number of hydrogen-bond donors (Lipinski definition) is 2. The highest BCUT2D eigenvalue weighted by Gasteiger charge is 2.19. The summed E-state index contributed by atoms with van der Waals surface area (Å²) in [5.41, 5.74) is 2.46. The largest absolute Gasteiger partial charge is 0.480 e. The SMILES string of the molecule is Cc1c(Cl)ccc(CNC(Cc2ccnn2C)C(=O)O)c1Cl. The van der Waals surface area contributed by atoms with Crippen LogP contribution in [0.3, 0.4) is 0 Å². The van der Waals surface area contributed by atoms with E-state index in [1.165, 1.54) is 0 Å². The molecule has 1 unspecified atom stereocenters. The summed E-state index contributed by atoms with van der Waals surface area (Å²) in [5, 5.41) is 17.6. The Morgan fingerprint density at radius 3 is 2.73 bits per heavy atom. The molecule has 22 heavy (non-hydrogen) atoms. The molecule has 0 radical (unpaired) electrons. The van der Waals surface area contributed by atoms with Crippen molar-refractivity contribution >= 4 is 29.2 Å². The number of aliphatic carboxylic acids is 1. The number of nitrogens with one attached hydrogen (secondary N) is 1. The Kier molecular flexibility index (Phi) is 5.45. The normalized spacial score (nSPS) is 12.4. The molecule has 1 aromatic carbocycles. The van der Waals surface area contributed by atoms with E-state index in [4.69, 9.17) is 23.2 Å². The van der Waals surface area contributed by atoms with Crippen LogP contribution in [0.5, 0.6) is 0 Å². The first-order valence-corrected chi connectivity index (χ1v) is 7.52. The molecule has 1 heterocycles. The van der Waals surface area contributed by atoms with Crippen LogP contribution in [0.4, 0.5) is 0 Å². The van der Waals surface area contributed by atoms with E-state index in [0.717, 1.165) is 16.8 Å². The van der Waals surface area contributed by atoms with Gasteiger partial charge < -0.3 is 5.11 Å². The first-order chi connectivity index (χ1) is 10.4. The van der Waals surface area contributed by atoms with Crippen LogP contribution in [0.1, 0.15) is 16.8 Å². The van der Waals surface area contributed by atoms with Gasteiger partial charge in [0.25, 0.3) is 0 Å². The molecular weight excluding hydrogens is 325 g/mol. The Bertz CT molecular complexity index is 685. The van der Waals surface area contributed by atoms with Crippen molar-refractivity contribution in [2.75, 3.05) is 0 Å². The molecule has 0 aliphatic heterocycles. The Morgan fingerprint density at radius 2 is 2.14 bits per heavy atom. The van der Waals surface area contributed by atoms with Gasteiger partial charge in [0.05, 0.1) is 0 Å². The summed E-state index contributed by atoms with van der Waals surface area (Å²) in [6.45, 7) is 2.18. The van der Waals surface area contributed by atoms with Crippen LogP contribution in [0, 0.1) is 6.92 Å². The molecule has 2 N–H and O–H groups in total. The zero-order chi connectivity index (χ0) is 16.3. The number of hydrogen-bond acceptors (Lipinski definition) is 3. The summed E-state index contributed by atoms with van der Waals surface area (Å²) in [5.74, 6) is -0.914. The van der Waals surface area contributed by atoms with Crippen molar-refractivity contribution < 1.29 is 9.90 Å². The highest BCUT2D eigenvalue weighted by molar-refractivity contribution is 6.36. The minimum absolute atomic E-state index is 0.343. The molecule has 0 saturated heterocycles. The van der Waals surface area contributed by atoms with Gasteiger partial charge in [0.2, 0.25) is 0 Å². The molecule has 0 fully saturated rings. The summed E-state index contributed by atoms with van der Waals surface area (Å²) in [6, 6.07) is 4.64. The van der Waals surface area contributed by atoms with Crippen molar-refractivity contribution in [3.63, 3.8) is 0 Å². The molecule has 2 aromatic rings. The predicted octanol–water partition coefficient (Wildman–Crippen LogP) is 2.82. The van der Waals surface area contributed by atoms with Crippen molar-refractivity contribution in [2.24, 2.45) is 7.05 Å². The lowest BCUT2D eigenvalue weighted by molar-refractivity contribution is -0.139. The predicted molar refractivity (Wildman–Crippen MR) is 86.4 cm³/mol.